The fraction of sp³-hybridized carbons (Fsp3) is 0.438. The van der Waals surface area contributed by atoms with E-state index in [4.69, 9.17) is 4.74 Å². The van der Waals surface area contributed by atoms with Crippen molar-refractivity contribution >= 4 is 22.0 Å². The number of likely N-dealkylation sites (tertiary alicyclic amines) is 1. The Morgan fingerprint density at radius 2 is 2.13 bits per heavy atom. The molecule has 1 fully saturated rings. The number of methoxy groups -OCH3 is 1. The summed E-state index contributed by atoms with van der Waals surface area (Å²) in [6, 6.07) is 7.22. The Morgan fingerprint density at radius 3 is 2.83 bits per heavy atom. The van der Waals surface area contributed by atoms with E-state index in [0.29, 0.717) is 18.8 Å². The van der Waals surface area contributed by atoms with E-state index in [1.165, 1.54) is 6.08 Å². The summed E-state index contributed by atoms with van der Waals surface area (Å²) in [5.41, 5.74) is 0.825. The molecule has 0 bridgehead atoms. The largest absolute Gasteiger partial charge is 0.496 e. The predicted molar refractivity (Wildman–Crippen MR) is 89.6 cm³/mol. The highest BCUT2D eigenvalue weighted by Gasteiger charge is 2.24. The zero-order valence-corrected chi connectivity index (χ0v) is 14.2. The van der Waals surface area contributed by atoms with Crippen LogP contribution in [-0.2, 0) is 14.8 Å². The minimum absolute atomic E-state index is 0.129. The standard InChI is InChI=1S/C16H22N2O4S/c1-22-15-8-4-3-6-13(15)9-10-16(19)18-11-5-7-14(12-18)17-23(2,20)21/h3-4,6,8-10,14,17H,5,7,11-12H2,1-2H3/b10-9+/t14-/m0/s1. The van der Waals surface area contributed by atoms with Gasteiger partial charge in [0.25, 0.3) is 0 Å². The smallest absolute Gasteiger partial charge is 0.246 e. The third kappa shape index (κ3) is 5.37. The molecule has 2 rings (SSSR count). The molecule has 1 atom stereocenters. The van der Waals surface area contributed by atoms with Crippen LogP contribution >= 0.6 is 0 Å². The van der Waals surface area contributed by atoms with E-state index in [2.05, 4.69) is 4.72 Å². The quantitative estimate of drug-likeness (QED) is 0.820. The zero-order valence-electron chi connectivity index (χ0n) is 13.4. The molecule has 1 aliphatic heterocycles. The number of ether oxygens (including phenoxy) is 1. The first-order chi connectivity index (χ1) is 10.9. The van der Waals surface area contributed by atoms with Gasteiger partial charge in [0.1, 0.15) is 5.75 Å². The number of carbonyl (C=O) groups is 1. The summed E-state index contributed by atoms with van der Waals surface area (Å²) in [6.45, 7) is 1.03. The number of amides is 1. The van der Waals surface area contributed by atoms with E-state index in [9.17, 15) is 13.2 Å². The van der Waals surface area contributed by atoms with Crippen LogP contribution < -0.4 is 9.46 Å². The van der Waals surface area contributed by atoms with Crippen LogP contribution in [0.2, 0.25) is 0 Å². The highest BCUT2D eigenvalue weighted by molar-refractivity contribution is 7.88. The molecule has 6 nitrogen and oxygen atoms in total. The molecular weight excluding hydrogens is 316 g/mol. The summed E-state index contributed by atoms with van der Waals surface area (Å²) in [7, 11) is -1.68. The molecule has 0 unspecified atom stereocenters. The number of carbonyl (C=O) groups excluding carboxylic acids is 1. The van der Waals surface area contributed by atoms with Gasteiger partial charge in [-0.1, -0.05) is 18.2 Å². The summed E-state index contributed by atoms with van der Waals surface area (Å²) in [4.78, 5) is 14.0. The maximum Gasteiger partial charge on any atom is 0.246 e. The van der Waals surface area contributed by atoms with Crippen molar-refractivity contribution in [2.24, 2.45) is 0 Å². The van der Waals surface area contributed by atoms with E-state index in [-0.39, 0.29) is 11.9 Å². The first kappa shape index (κ1) is 17.5. The Labute approximate surface area is 137 Å². The van der Waals surface area contributed by atoms with Gasteiger partial charge in [0, 0.05) is 30.8 Å². The number of benzene rings is 1. The molecule has 23 heavy (non-hydrogen) atoms. The van der Waals surface area contributed by atoms with Crippen LogP contribution in [0.15, 0.2) is 30.3 Å². The normalized spacial score (nSPS) is 19.0. The number of hydrogen-bond donors (Lipinski definition) is 1. The number of sulfonamides is 1. The average Bonchev–Trinajstić information content (AvgIpc) is 2.51. The van der Waals surface area contributed by atoms with Crippen LogP contribution in [0.25, 0.3) is 6.08 Å². The van der Waals surface area contributed by atoms with Crippen LogP contribution in [0.3, 0.4) is 0 Å². The molecule has 126 valence electrons. The summed E-state index contributed by atoms with van der Waals surface area (Å²) in [6.07, 6.45) is 5.87. The molecule has 1 aliphatic rings. The molecule has 0 aliphatic carbocycles. The van der Waals surface area contributed by atoms with Gasteiger partial charge in [-0.3, -0.25) is 4.79 Å². The number of rotatable bonds is 5. The van der Waals surface area contributed by atoms with Gasteiger partial charge in [0.05, 0.1) is 13.4 Å². The number of hydrogen-bond acceptors (Lipinski definition) is 4. The van der Waals surface area contributed by atoms with Crippen LogP contribution in [0.4, 0.5) is 0 Å². The Kier molecular flexibility index (Phi) is 5.79. The number of para-hydroxylation sites is 1. The summed E-state index contributed by atoms with van der Waals surface area (Å²) in [5, 5.41) is 0. The summed E-state index contributed by atoms with van der Waals surface area (Å²) < 4.78 is 30.4. The van der Waals surface area contributed by atoms with Crippen molar-refractivity contribution in [3.8, 4) is 5.75 Å². The van der Waals surface area contributed by atoms with E-state index in [1.54, 1.807) is 18.1 Å². The molecule has 1 saturated heterocycles. The molecule has 1 heterocycles. The number of piperidine rings is 1. The van der Waals surface area contributed by atoms with Crippen LogP contribution in [0.5, 0.6) is 5.75 Å². The highest BCUT2D eigenvalue weighted by Crippen LogP contribution is 2.19. The fourth-order valence-corrected chi connectivity index (χ4v) is 3.44. The van der Waals surface area contributed by atoms with Gasteiger partial charge in [-0.2, -0.15) is 0 Å². The second-order valence-corrected chi connectivity index (χ2v) is 7.37. The Bertz CT molecular complexity index is 685. The third-order valence-electron chi connectivity index (χ3n) is 3.66. The minimum atomic E-state index is -3.26. The maximum absolute atomic E-state index is 12.3. The Balaban J connectivity index is 2.01. The third-order valence-corrected chi connectivity index (χ3v) is 4.42. The minimum Gasteiger partial charge on any atom is -0.496 e. The Morgan fingerprint density at radius 1 is 1.39 bits per heavy atom. The summed E-state index contributed by atoms with van der Waals surface area (Å²) >= 11 is 0. The predicted octanol–water partition coefficient (Wildman–Crippen LogP) is 1.25. The second kappa shape index (κ2) is 7.61. The van der Waals surface area contributed by atoms with Crippen molar-refractivity contribution in [1.29, 1.82) is 0 Å². The van der Waals surface area contributed by atoms with Crippen molar-refractivity contribution < 1.29 is 17.9 Å². The zero-order chi connectivity index (χ0) is 16.9. The lowest BCUT2D eigenvalue weighted by Gasteiger charge is -2.32. The molecule has 1 amide bonds. The molecule has 0 spiro atoms. The van der Waals surface area contributed by atoms with Crippen molar-refractivity contribution in [2.75, 3.05) is 26.5 Å². The molecule has 0 saturated carbocycles. The van der Waals surface area contributed by atoms with Crippen molar-refractivity contribution in [3.63, 3.8) is 0 Å². The monoisotopic (exact) mass is 338 g/mol. The Hall–Kier alpha value is -1.86. The van der Waals surface area contributed by atoms with Crippen LogP contribution in [0, 0.1) is 0 Å². The number of nitrogens with zero attached hydrogens (tertiary/aromatic N) is 1. The topological polar surface area (TPSA) is 75.7 Å². The van der Waals surface area contributed by atoms with Crippen LogP contribution in [-0.4, -0.2) is 51.7 Å². The molecule has 0 radical (unpaired) electrons. The fourth-order valence-electron chi connectivity index (χ4n) is 2.65. The second-order valence-electron chi connectivity index (χ2n) is 5.59. The van der Waals surface area contributed by atoms with E-state index >= 15 is 0 Å². The lowest BCUT2D eigenvalue weighted by atomic mass is 10.1. The van der Waals surface area contributed by atoms with Gasteiger partial charge in [0.2, 0.25) is 15.9 Å². The molecule has 1 N–H and O–H groups in total. The maximum atomic E-state index is 12.3. The van der Waals surface area contributed by atoms with E-state index in [0.717, 1.165) is 24.7 Å². The van der Waals surface area contributed by atoms with E-state index in [1.807, 2.05) is 24.3 Å². The molecule has 1 aromatic rings. The highest BCUT2D eigenvalue weighted by atomic mass is 32.2. The van der Waals surface area contributed by atoms with Gasteiger partial charge in [-0.15, -0.1) is 0 Å². The molecule has 1 aromatic carbocycles. The van der Waals surface area contributed by atoms with Gasteiger partial charge in [0.15, 0.2) is 0 Å². The van der Waals surface area contributed by atoms with Crippen molar-refractivity contribution in [3.05, 3.63) is 35.9 Å². The lowest BCUT2D eigenvalue weighted by Crippen LogP contribution is -2.48. The van der Waals surface area contributed by atoms with Gasteiger partial charge < -0.3 is 9.64 Å². The average molecular weight is 338 g/mol. The number of nitrogens with one attached hydrogen (secondary N) is 1. The van der Waals surface area contributed by atoms with E-state index < -0.39 is 10.0 Å². The summed E-state index contributed by atoms with van der Waals surface area (Å²) in [5.74, 6) is 0.572. The lowest BCUT2D eigenvalue weighted by molar-refractivity contribution is -0.127. The van der Waals surface area contributed by atoms with Gasteiger partial charge in [-0.25, -0.2) is 13.1 Å². The molecule has 7 heteroatoms. The first-order valence-corrected chi connectivity index (χ1v) is 9.35. The van der Waals surface area contributed by atoms with Crippen molar-refractivity contribution in [2.45, 2.75) is 18.9 Å². The van der Waals surface area contributed by atoms with Crippen molar-refractivity contribution in [1.82, 2.24) is 9.62 Å². The molecular formula is C16H22N2O4S. The van der Waals surface area contributed by atoms with Gasteiger partial charge >= 0.3 is 0 Å². The van der Waals surface area contributed by atoms with Gasteiger partial charge in [-0.05, 0) is 25.0 Å². The SMILES string of the molecule is COc1ccccc1/C=C/C(=O)N1CCC[C@H](NS(C)(=O)=O)C1. The van der Waals surface area contributed by atoms with Crippen LogP contribution in [0.1, 0.15) is 18.4 Å². The first-order valence-electron chi connectivity index (χ1n) is 7.46. The molecule has 0 aromatic heterocycles.